The third-order valence-electron chi connectivity index (χ3n) is 4.69. The van der Waals surface area contributed by atoms with Crippen LogP contribution >= 0.6 is 11.8 Å². The minimum Gasteiger partial charge on any atom is -0.496 e. The highest BCUT2D eigenvalue weighted by Crippen LogP contribution is 2.40. The molecule has 0 bridgehead atoms. The normalized spacial score (nSPS) is 25.8. The Morgan fingerprint density at radius 2 is 2.00 bits per heavy atom. The fraction of sp³-hybridized carbons (Fsp3) is 0.529. The molecule has 2 aliphatic rings. The van der Waals surface area contributed by atoms with E-state index < -0.39 is 0 Å². The summed E-state index contributed by atoms with van der Waals surface area (Å²) in [5.74, 6) is 2.76. The molecule has 1 fully saturated rings. The van der Waals surface area contributed by atoms with E-state index in [0.29, 0.717) is 6.04 Å². The second kappa shape index (κ2) is 6.75. The number of rotatable bonds is 4. The predicted octanol–water partition coefficient (Wildman–Crippen LogP) is 3.52. The molecule has 0 saturated heterocycles. The van der Waals surface area contributed by atoms with Crippen LogP contribution in [0.2, 0.25) is 0 Å². The Bertz CT molecular complexity index is 509. The van der Waals surface area contributed by atoms with Crippen LogP contribution in [0.3, 0.4) is 0 Å². The molecule has 1 aromatic carbocycles. The number of para-hydroxylation sites is 1. The van der Waals surface area contributed by atoms with Gasteiger partial charge in [0.1, 0.15) is 5.75 Å². The highest BCUT2D eigenvalue weighted by atomic mass is 32.2. The van der Waals surface area contributed by atoms with E-state index in [4.69, 9.17) is 10.5 Å². The number of thioether (sulfide) groups is 1. The minimum atomic E-state index is 0.652. The van der Waals surface area contributed by atoms with Crippen LogP contribution in [0.1, 0.15) is 31.2 Å². The van der Waals surface area contributed by atoms with Gasteiger partial charge in [0.2, 0.25) is 0 Å². The molecule has 2 N–H and O–H groups in total. The summed E-state index contributed by atoms with van der Waals surface area (Å²) in [5, 5.41) is 2.28. The summed E-state index contributed by atoms with van der Waals surface area (Å²) in [6.45, 7) is 0.844. The zero-order chi connectivity index (χ0) is 14.7. The van der Waals surface area contributed by atoms with E-state index in [1.807, 2.05) is 23.9 Å². The molecule has 4 heteroatoms. The lowest BCUT2D eigenvalue weighted by Crippen LogP contribution is -2.36. The Hall–Kier alpha value is -1.13. The molecule has 1 saturated carbocycles. The molecule has 0 amide bonds. The number of ether oxygens (including phenoxy) is 1. The van der Waals surface area contributed by atoms with Gasteiger partial charge < -0.3 is 15.4 Å². The van der Waals surface area contributed by atoms with E-state index in [1.165, 1.54) is 36.9 Å². The Morgan fingerprint density at radius 1 is 1.24 bits per heavy atom. The van der Waals surface area contributed by atoms with E-state index in [0.717, 1.165) is 24.1 Å². The smallest absolute Gasteiger partial charge is 0.128 e. The Labute approximate surface area is 131 Å². The van der Waals surface area contributed by atoms with Crippen LogP contribution in [0.15, 0.2) is 29.7 Å². The van der Waals surface area contributed by atoms with Gasteiger partial charge in [-0.3, -0.25) is 0 Å². The van der Waals surface area contributed by atoms with Crippen LogP contribution in [-0.2, 0) is 0 Å². The first kappa shape index (κ1) is 14.8. The van der Waals surface area contributed by atoms with Gasteiger partial charge in [-0.25, -0.2) is 0 Å². The van der Waals surface area contributed by atoms with E-state index in [2.05, 4.69) is 22.4 Å². The van der Waals surface area contributed by atoms with Crippen LogP contribution in [0, 0.1) is 5.92 Å². The Morgan fingerprint density at radius 3 is 2.71 bits per heavy atom. The number of methoxy groups -OCH3 is 1. The van der Waals surface area contributed by atoms with Gasteiger partial charge >= 0.3 is 0 Å². The number of nitrogens with zero attached hydrogens (tertiary/aromatic N) is 1. The Kier molecular flexibility index (Phi) is 4.76. The maximum absolute atomic E-state index is 5.81. The SMILES string of the molecule is COc1ccccc1C1=CSCN1C1CCC(CN)CC1. The summed E-state index contributed by atoms with van der Waals surface area (Å²) < 4.78 is 5.53. The van der Waals surface area contributed by atoms with Crippen LogP contribution < -0.4 is 10.5 Å². The average molecular weight is 304 g/mol. The molecule has 0 atom stereocenters. The Balaban J connectivity index is 1.77. The molecule has 21 heavy (non-hydrogen) atoms. The lowest BCUT2D eigenvalue weighted by Gasteiger charge is -2.37. The van der Waals surface area contributed by atoms with Gasteiger partial charge in [-0.2, -0.15) is 0 Å². The number of hydrogen-bond donors (Lipinski definition) is 1. The standard InChI is InChI=1S/C17H24N2OS/c1-20-17-5-3-2-4-15(17)16-11-21-12-19(16)14-8-6-13(10-18)7-9-14/h2-5,11,13-14H,6-10,12,18H2,1H3. The largest absolute Gasteiger partial charge is 0.496 e. The maximum Gasteiger partial charge on any atom is 0.128 e. The summed E-state index contributed by atoms with van der Waals surface area (Å²) in [6, 6.07) is 8.98. The lowest BCUT2D eigenvalue weighted by atomic mass is 9.85. The molecule has 1 aliphatic heterocycles. The minimum absolute atomic E-state index is 0.652. The number of nitrogens with two attached hydrogens (primary N) is 1. The summed E-state index contributed by atoms with van der Waals surface area (Å²) in [4.78, 5) is 2.56. The van der Waals surface area contributed by atoms with Gasteiger partial charge in [0.15, 0.2) is 0 Å². The van der Waals surface area contributed by atoms with Crippen molar-refractivity contribution in [3.05, 3.63) is 35.2 Å². The maximum atomic E-state index is 5.81. The molecular weight excluding hydrogens is 280 g/mol. The van der Waals surface area contributed by atoms with E-state index >= 15 is 0 Å². The summed E-state index contributed by atoms with van der Waals surface area (Å²) in [6.07, 6.45) is 5.05. The molecule has 1 aromatic rings. The van der Waals surface area contributed by atoms with Gasteiger partial charge in [0.25, 0.3) is 0 Å². The van der Waals surface area contributed by atoms with Crippen LogP contribution in [-0.4, -0.2) is 30.5 Å². The van der Waals surface area contributed by atoms with Crippen molar-refractivity contribution in [3.63, 3.8) is 0 Å². The van der Waals surface area contributed by atoms with Gasteiger partial charge in [-0.1, -0.05) is 12.1 Å². The molecule has 0 aromatic heterocycles. The summed E-state index contributed by atoms with van der Waals surface area (Å²) in [5.41, 5.74) is 8.35. The number of hydrogen-bond acceptors (Lipinski definition) is 4. The summed E-state index contributed by atoms with van der Waals surface area (Å²) in [7, 11) is 1.75. The highest BCUT2D eigenvalue weighted by molar-refractivity contribution is 8.02. The quantitative estimate of drug-likeness (QED) is 0.924. The van der Waals surface area contributed by atoms with Crippen molar-refractivity contribution >= 4 is 17.5 Å². The zero-order valence-electron chi connectivity index (χ0n) is 12.6. The van der Waals surface area contributed by atoms with E-state index in [-0.39, 0.29) is 0 Å². The molecule has 1 heterocycles. The monoisotopic (exact) mass is 304 g/mol. The molecular formula is C17H24N2OS. The van der Waals surface area contributed by atoms with E-state index in [9.17, 15) is 0 Å². The second-order valence-corrected chi connectivity index (χ2v) is 6.71. The first-order valence-corrected chi connectivity index (χ1v) is 8.80. The van der Waals surface area contributed by atoms with Crippen LogP contribution in [0.5, 0.6) is 5.75 Å². The first-order chi connectivity index (χ1) is 10.3. The fourth-order valence-electron chi connectivity index (χ4n) is 3.40. The molecule has 0 unspecified atom stereocenters. The van der Waals surface area contributed by atoms with Crippen LogP contribution in [0.4, 0.5) is 0 Å². The van der Waals surface area contributed by atoms with Gasteiger partial charge in [0, 0.05) is 11.6 Å². The average Bonchev–Trinajstić information content (AvgIpc) is 3.04. The zero-order valence-corrected chi connectivity index (χ0v) is 13.4. The molecule has 3 nitrogen and oxygen atoms in total. The topological polar surface area (TPSA) is 38.5 Å². The summed E-state index contributed by atoms with van der Waals surface area (Å²) >= 11 is 1.89. The third-order valence-corrected chi connectivity index (χ3v) is 5.51. The molecule has 1 aliphatic carbocycles. The molecule has 0 spiro atoms. The van der Waals surface area contributed by atoms with E-state index in [1.54, 1.807) is 7.11 Å². The van der Waals surface area contributed by atoms with Crippen molar-refractivity contribution in [3.8, 4) is 5.75 Å². The highest BCUT2D eigenvalue weighted by Gasteiger charge is 2.30. The fourth-order valence-corrected chi connectivity index (χ4v) is 4.41. The van der Waals surface area contributed by atoms with Crippen LogP contribution in [0.25, 0.3) is 5.70 Å². The van der Waals surface area contributed by atoms with Gasteiger partial charge in [-0.15, -0.1) is 11.8 Å². The second-order valence-electron chi connectivity index (χ2n) is 5.88. The first-order valence-electron chi connectivity index (χ1n) is 7.75. The predicted molar refractivity (Wildman–Crippen MR) is 90.1 cm³/mol. The lowest BCUT2D eigenvalue weighted by molar-refractivity contribution is 0.220. The molecule has 114 valence electrons. The van der Waals surface area contributed by atoms with Crippen molar-refractivity contribution in [1.29, 1.82) is 0 Å². The van der Waals surface area contributed by atoms with Crippen molar-refractivity contribution in [2.75, 3.05) is 19.5 Å². The van der Waals surface area contributed by atoms with Crippen molar-refractivity contribution in [2.24, 2.45) is 11.7 Å². The van der Waals surface area contributed by atoms with Crippen molar-refractivity contribution in [2.45, 2.75) is 31.7 Å². The van der Waals surface area contributed by atoms with Gasteiger partial charge in [-0.05, 0) is 55.7 Å². The molecule has 3 rings (SSSR count). The van der Waals surface area contributed by atoms with Crippen molar-refractivity contribution in [1.82, 2.24) is 4.90 Å². The third kappa shape index (κ3) is 3.06. The van der Waals surface area contributed by atoms with Gasteiger partial charge in [0.05, 0.1) is 18.7 Å². The van der Waals surface area contributed by atoms with Crippen molar-refractivity contribution < 1.29 is 4.74 Å². The molecule has 0 radical (unpaired) electrons. The number of benzene rings is 1.